The van der Waals surface area contributed by atoms with E-state index in [1.807, 2.05) is 0 Å². The molecule has 1 heterocycles. The van der Waals surface area contributed by atoms with Gasteiger partial charge in [-0.25, -0.2) is 0 Å². The predicted molar refractivity (Wildman–Crippen MR) is 64.5 cm³/mol. The molecule has 1 atom stereocenters. The zero-order chi connectivity index (χ0) is 11.2. The molecule has 1 saturated heterocycles. The molecule has 1 aliphatic heterocycles. The summed E-state index contributed by atoms with van der Waals surface area (Å²) in [5.41, 5.74) is 0. The lowest BCUT2D eigenvalue weighted by Crippen LogP contribution is -2.35. The molecule has 3 heteroatoms. The highest BCUT2D eigenvalue weighted by molar-refractivity contribution is 4.74. The van der Waals surface area contributed by atoms with Gasteiger partial charge in [-0.3, -0.25) is 4.90 Å². The van der Waals surface area contributed by atoms with E-state index in [2.05, 4.69) is 4.90 Å². The molecule has 1 aliphatic carbocycles. The fourth-order valence-corrected chi connectivity index (χ4v) is 2.98. The lowest BCUT2D eigenvalue weighted by Gasteiger charge is -2.24. The van der Waals surface area contributed by atoms with Crippen LogP contribution in [-0.2, 0) is 4.74 Å². The van der Waals surface area contributed by atoms with Gasteiger partial charge in [-0.1, -0.05) is 25.7 Å². The van der Waals surface area contributed by atoms with Crippen molar-refractivity contribution in [2.75, 3.05) is 32.8 Å². The van der Waals surface area contributed by atoms with E-state index in [1.54, 1.807) is 0 Å². The van der Waals surface area contributed by atoms with E-state index < -0.39 is 0 Å². The van der Waals surface area contributed by atoms with Crippen molar-refractivity contribution in [1.82, 2.24) is 4.90 Å². The van der Waals surface area contributed by atoms with Gasteiger partial charge >= 0.3 is 0 Å². The van der Waals surface area contributed by atoms with Gasteiger partial charge in [-0.15, -0.1) is 0 Å². The van der Waals surface area contributed by atoms with Crippen molar-refractivity contribution in [2.24, 2.45) is 5.92 Å². The molecule has 0 aromatic heterocycles. The van der Waals surface area contributed by atoms with Gasteiger partial charge in [-0.05, 0) is 18.8 Å². The Kier molecular flexibility index (Phi) is 5.07. The summed E-state index contributed by atoms with van der Waals surface area (Å²) >= 11 is 0. The van der Waals surface area contributed by atoms with Crippen molar-refractivity contribution >= 4 is 0 Å². The Bertz CT molecular complexity index is 184. The van der Waals surface area contributed by atoms with Crippen LogP contribution in [0, 0.1) is 5.92 Å². The number of β-amino-alcohol motifs (C(OH)–C–C–N with tert-alkyl or cyclic N) is 1. The van der Waals surface area contributed by atoms with E-state index in [9.17, 15) is 5.11 Å². The quantitative estimate of drug-likeness (QED) is 0.792. The molecular weight excluding hydrogens is 202 g/mol. The Hall–Kier alpha value is -0.120. The summed E-state index contributed by atoms with van der Waals surface area (Å²) in [6.07, 6.45) is 7.40. The minimum absolute atomic E-state index is 0.124. The van der Waals surface area contributed by atoms with Crippen molar-refractivity contribution in [2.45, 2.75) is 44.6 Å². The average molecular weight is 227 g/mol. The van der Waals surface area contributed by atoms with E-state index in [1.165, 1.54) is 25.7 Å². The Morgan fingerprint density at radius 3 is 2.75 bits per heavy atom. The third kappa shape index (κ3) is 4.04. The van der Waals surface area contributed by atoms with Crippen molar-refractivity contribution < 1.29 is 9.84 Å². The summed E-state index contributed by atoms with van der Waals surface area (Å²) in [7, 11) is 0. The largest absolute Gasteiger partial charge is 0.392 e. The molecule has 1 unspecified atom stereocenters. The van der Waals surface area contributed by atoms with Crippen molar-refractivity contribution in [3.63, 3.8) is 0 Å². The fraction of sp³-hybridized carbons (Fsp3) is 1.00. The smallest absolute Gasteiger partial charge is 0.0669 e. The number of aliphatic hydroxyl groups excluding tert-OH is 1. The number of aliphatic hydroxyl groups is 1. The van der Waals surface area contributed by atoms with Gasteiger partial charge in [0, 0.05) is 26.2 Å². The van der Waals surface area contributed by atoms with Crippen LogP contribution < -0.4 is 0 Å². The summed E-state index contributed by atoms with van der Waals surface area (Å²) in [6, 6.07) is 0. The van der Waals surface area contributed by atoms with E-state index >= 15 is 0 Å². The molecule has 16 heavy (non-hydrogen) atoms. The third-order valence-electron chi connectivity index (χ3n) is 3.86. The molecule has 0 aromatic rings. The molecule has 0 spiro atoms. The molecule has 2 rings (SSSR count). The molecule has 0 amide bonds. The maximum atomic E-state index is 10.1. The second-order valence-electron chi connectivity index (χ2n) is 5.31. The normalized spacial score (nSPS) is 26.8. The van der Waals surface area contributed by atoms with E-state index in [-0.39, 0.29) is 6.10 Å². The van der Waals surface area contributed by atoms with Gasteiger partial charge in [0.05, 0.1) is 12.7 Å². The molecule has 0 radical (unpaired) electrons. The lowest BCUT2D eigenvalue weighted by atomic mass is 10.00. The SMILES string of the molecule is OC(CC1CCCC1)CN1CCCOCC1. The minimum Gasteiger partial charge on any atom is -0.392 e. The first-order chi connectivity index (χ1) is 7.84. The first-order valence-electron chi connectivity index (χ1n) is 6.83. The molecule has 2 aliphatic rings. The maximum absolute atomic E-state index is 10.1. The van der Waals surface area contributed by atoms with Crippen LogP contribution >= 0.6 is 0 Å². The van der Waals surface area contributed by atoms with Gasteiger partial charge in [-0.2, -0.15) is 0 Å². The Morgan fingerprint density at radius 1 is 1.12 bits per heavy atom. The Balaban J connectivity index is 1.66. The number of hydrogen-bond acceptors (Lipinski definition) is 3. The molecule has 94 valence electrons. The average Bonchev–Trinajstić information content (AvgIpc) is 2.62. The van der Waals surface area contributed by atoms with Crippen molar-refractivity contribution in [3.05, 3.63) is 0 Å². The molecule has 3 nitrogen and oxygen atoms in total. The third-order valence-corrected chi connectivity index (χ3v) is 3.86. The van der Waals surface area contributed by atoms with Crippen LogP contribution in [0.5, 0.6) is 0 Å². The lowest BCUT2D eigenvalue weighted by molar-refractivity contribution is 0.0863. The van der Waals surface area contributed by atoms with Crippen LogP contribution in [0.25, 0.3) is 0 Å². The van der Waals surface area contributed by atoms with Gasteiger partial charge in [0.15, 0.2) is 0 Å². The van der Waals surface area contributed by atoms with Crippen LogP contribution in [0.1, 0.15) is 38.5 Å². The van der Waals surface area contributed by atoms with Crippen LogP contribution in [0.2, 0.25) is 0 Å². The van der Waals surface area contributed by atoms with Gasteiger partial charge < -0.3 is 9.84 Å². The van der Waals surface area contributed by atoms with Crippen molar-refractivity contribution in [3.8, 4) is 0 Å². The highest BCUT2D eigenvalue weighted by Crippen LogP contribution is 2.28. The molecule has 0 bridgehead atoms. The summed E-state index contributed by atoms with van der Waals surface area (Å²) in [4.78, 5) is 2.35. The Labute approximate surface area is 98.8 Å². The molecule has 2 fully saturated rings. The number of rotatable bonds is 4. The summed E-state index contributed by atoms with van der Waals surface area (Å²) in [5, 5.41) is 10.1. The van der Waals surface area contributed by atoms with E-state index in [0.29, 0.717) is 0 Å². The standard InChI is InChI=1S/C13H25NO2/c15-13(10-12-4-1-2-5-12)11-14-6-3-8-16-9-7-14/h12-13,15H,1-11H2. The molecule has 1 saturated carbocycles. The van der Waals surface area contributed by atoms with Crippen molar-refractivity contribution in [1.29, 1.82) is 0 Å². The summed E-state index contributed by atoms with van der Waals surface area (Å²) in [6.45, 7) is 4.63. The van der Waals surface area contributed by atoms with Gasteiger partial charge in [0.2, 0.25) is 0 Å². The first-order valence-corrected chi connectivity index (χ1v) is 6.83. The second kappa shape index (κ2) is 6.58. The Morgan fingerprint density at radius 2 is 1.94 bits per heavy atom. The van der Waals surface area contributed by atoms with Crippen LogP contribution in [-0.4, -0.2) is 49.0 Å². The number of hydrogen-bond donors (Lipinski definition) is 1. The minimum atomic E-state index is -0.124. The molecule has 1 N–H and O–H groups in total. The zero-order valence-corrected chi connectivity index (χ0v) is 10.2. The number of ether oxygens (including phenoxy) is 1. The van der Waals surface area contributed by atoms with Crippen LogP contribution in [0.3, 0.4) is 0 Å². The van der Waals surface area contributed by atoms with E-state index in [4.69, 9.17) is 4.74 Å². The second-order valence-corrected chi connectivity index (χ2v) is 5.31. The monoisotopic (exact) mass is 227 g/mol. The van der Waals surface area contributed by atoms with E-state index in [0.717, 1.165) is 51.6 Å². The first kappa shape index (κ1) is 12.3. The molecule has 0 aromatic carbocycles. The summed E-state index contributed by atoms with van der Waals surface area (Å²) < 4.78 is 5.42. The zero-order valence-electron chi connectivity index (χ0n) is 10.2. The predicted octanol–water partition coefficient (Wildman–Crippen LogP) is 1.65. The van der Waals surface area contributed by atoms with Crippen LogP contribution in [0.4, 0.5) is 0 Å². The maximum Gasteiger partial charge on any atom is 0.0669 e. The number of nitrogens with zero attached hydrogens (tertiary/aromatic N) is 1. The molecular formula is C13H25NO2. The summed E-state index contributed by atoms with van der Waals surface area (Å²) in [5.74, 6) is 0.790. The highest BCUT2D eigenvalue weighted by Gasteiger charge is 2.20. The van der Waals surface area contributed by atoms with Gasteiger partial charge in [0.25, 0.3) is 0 Å². The topological polar surface area (TPSA) is 32.7 Å². The van der Waals surface area contributed by atoms with Gasteiger partial charge in [0.1, 0.15) is 0 Å². The van der Waals surface area contributed by atoms with Crippen LogP contribution in [0.15, 0.2) is 0 Å². The highest BCUT2D eigenvalue weighted by atomic mass is 16.5. The fourth-order valence-electron chi connectivity index (χ4n) is 2.98.